The zero-order chi connectivity index (χ0) is 19.7. The maximum Gasteiger partial charge on any atom is 0.295 e. The highest BCUT2D eigenvalue weighted by Gasteiger charge is 2.24. The van der Waals surface area contributed by atoms with E-state index in [1.807, 2.05) is 56.6 Å². The van der Waals surface area contributed by atoms with E-state index in [1.54, 1.807) is 11.0 Å². The largest absolute Gasteiger partial charge is 0.451 e. The van der Waals surface area contributed by atoms with E-state index in [0.717, 1.165) is 28.6 Å². The average molecular weight is 414 g/mol. The highest BCUT2D eigenvalue weighted by Crippen LogP contribution is 2.32. The lowest BCUT2D eigenvalue weighted by Gasteiger charge is -2.19. The Kier molecular flexibility index (Phi) is 5.35. The number of hydrogen-bond acceptors (Lipinski definition) is 5. The standard InChI is InChI=1S/C21H20ClN3O2S/c1-24(2)10-5-11-25(21-23-16-9-8-15(22)13-19(16)28-21)20(26)18-12-14-6-3-4-7-17(14)27-18/h3-4,6-9,12-13H,5,10-11H2,1-2H3. The van der Waals surface area contributed by atoms with Crippen LogP contribution in [-0.2, 0) is 0 Å². The van der Waals surface area contributed by atoms with Crippen molar-refractivity contribution in [2.45, 2.75) is 6.42 Å². The summed E-state index contributed by atoms with van der Waals surface area (Å²) in [5.41, 5.74) is 1.54. The molecule has 0 bridgehead atoms. The lowest BCUT2D eigenvalue weighted by molar-refractivity contribution is 0.0961. The van der Waals surface area contributed by atoms with Crippen LogP contribution < -0.4 is 4.90 Å². The third-order valence-electron chi connectivity index (χ3n) is 4.44. The number of furan rings is 1. The number of anilines is 1. The fourth-order valence-electron chi connectivity index (χ4n) is 3.05. The van der Waals surface area contributed by atoms with Gasteiger partial charge in [-0.1, -0.05) is 41.1 Å². The number of benzene rings is 2. The van der Waals surface area contributed by atoms with Crippen molar-refractivity contribution in [1.29, 1.82) is 0 Å². The molecule has 144 valence electrons. The molecule has 28 heavy (non-hydrogen) atoms. The zero-order valence-corrected chi connectivity index (χ0v) is 17.3. The van der Waals surface area contributed by atoms with Crippen molar-refractivity contribution in [1.82, 2.24) is 9.88 Å². The molecule has 0 saturated heterocycles. The molecule has 0 unspecified atom stereocenters. The summed E-state index contributed by atoms with van der Waals surface area (Å²) >= 11 is 7.57. The lowest BCUT2D eigenvalue weighted by Crippen LogP contribution is -2.33. The fraction of sp³-hybridized carbons (Fsp3) is 0.238. The van der Waals surface area contributed by atoms with Crippen molar-refractivity contribution < 1.29 is 9.21 Å². The van der Waals surface area contributed by atoms with Gasteiger partial charge in [0.05, 0.1) is 10.2 Å². The number of para-hydroxylation sites is 1. The summed E-state index contributed by atoms with van der Waals surface area (Å²) in [4.78, 5) is 21.8. The molecule has 4 rings (SSSR count). The smallest absolute Gasteiger partial charge is 0.295 e. The zero-order valence-electron chi connectivity index (χ0n) is 15.7. The molecule has 2 aromatic carbocycles. The van der Waals surface area contributed by atoms with E-state index >= 15 is 0 Å². The van der Waals surface area contributed by atoms with Crippen molar-refractivity contribution >= 4 is 55.2 Å². The third kappa shape index (κ3) is 3.90. The Morgan fingerprint density at radius 3 is 2.75 bits per heavy atom. The van der Waals surface area contributed by atoms with Crippen molar-refractivity contribution in [3.05, 3.63) is 59.3 Å². The van der Waals surface area contributed by atoms with Gasteiger partial charge < -0.3 is 9.32 Å². The second-order valence-electron chi connectivity index (χ2n) is 6.87. The van der Waals surface area contributed by atoms with Gasteiger partial charge in [-0.2, -0.15) is 0 Å². The quantitative estimate of drug-likeness (QED) is 0.430. The van der Waals surface area contributed by atoms with E-state index in [-0.39, 0.29) is 5.91 Å². The summed E-state index contributed by atoms with van der Waals surface area (Å²) in [6.45, 7) is 1.43. The first-order valence-corrected chi connectivity index (χ1v) is 10.2. The number of carbonyl (C=O) groups is 1. The van der Waals surface area contributed by atoms with Crippen LogP contribution in [0.4, 0.5) is 5.13 Å². The Labute approximate surface area is 172 Å². The number of carbonyl (C=O) groups excluding carboxylic acids is 1. The number of hydrogen-bond donors (Lipinski definition) is 0. The van der Waals surface area contributed by atoms with E-state index in [0.29, 0.717) is 28.0 Å². The molecule has 0 aliphatic rings. The van der Waals surface area contributed by atoms with Gasteiger partial charge in [-0.3, -0.25) is 9.69 Å². The molecule has 0 atom stereocenters. The minimum absolute atomic E-state index is 0.180. The monoisotopic (exact) mass is 413 g/mol. The molecule has 0 aliphatic heterocycles. The lowest BCUT2D eigenvalue weighted by atomic mass is 10.2. The Hall–Kier alpha value is -2.41. The number of amides is 1. The fourth-order valence-corrected chi connectivity index (χ4v) is 4.32. The second-order valence-corrected chi connectivity index (χ2v) is 8.32. The van der Waals surface area contributed by atoms with Crippen LogP contribution in [0.3, 0.4) is 0 Å². The first-order valence-electron chi connectivity index (χ1n) is 9.02. The number of thiazole rings is 1. The van der Waals surface area contributed by atoms with Gasteiger partial charge >= 0.3 is 0 Å². The number of fused-ring (bicyclic) bond motifs is 2. The van der Waals surface area contributed by atoms with Crippen LogP contribution >= 0.6 is 22.9 Å². The summed E-state index contributed by atoms with van der Waals surface area (Å²) in [6, 6.07) is 15.0. The van der Waals surface area contributed by atoms with Gasteiger partial charge in [0.2, 0.25) is 0 Å². The van der Waals surface area contributed by atoms with Crippen LogP contribution in [0.2, 0.25) is 5.02 Å². The van der Waals surface area contributed by atoms with Crippen molar-refractivity contribution in [3.63, 3.8) is 0 Å². The highest BCUT2D eigenvalue weighted by atomic mass is 35.5. The summed E-state index contributed by atoms with van der Waals surface area (Å²) in [5, 5.41) is 2.22. The third-order valence-corrected chi connectivity index (χ3v) is 5.71. The average Bonchev–Trinajstić information content (AvgIpc) is 3.27. The number of aromatic nitrogens is 1. The Bertz CT molecular complexity index is 1100. The number of rotatable bonds is 6. The SMILES string of the molecule is CN(C)CCCN(C(=O)c1cc2ccccc2o1)c1nc2ccc(Cl)cc2s1. The molecular weight excluding hydrogens is 394 g/mol. The van der Waals surface area contributed by atoms with E-state index in [2.05, 4.69) is 9.88 Å². The normalized spacial score (nSPS) is 11.6. The number of nitrogens with zero attached hydrogens (tertiary/aromatic N) is 3. The first kappa shape index (κ1) is 18.9. The van der Waals surface area contributed by atoms with E-state index in [4.69, 9.17) is 16.0 Å². The minimum Gasteiger partial charge on any atom is -0.451 e. The molecule has 4 aromatic rings. The van der Waals surface area contributed by atoms with Gasteiger partial charge in [-0.15, -0.1) is 0 Å². The molecule has 0 spiro atoms. The van der Waals surface area contributed by atoms with Gasteiger partial charge in [-0.05, 0) is 57.4 Å². The molecule has 0 radical (unpaired) electrons. The predicted octanol–water partition coefficient (Wildman–Crippen LogP) is 5.29. The molecule has 1 amide bonds. The molecule has 0 saturated carbocycles. The molecule has 5 nitrogen and oxygen atoms in total. The van der Waals surface area contributed by atoms with E-state index in [1.165, 1.54) is 11.3 Å². The topological polar surface area (TPSA) is 49.6 Å². The Balaban J connectivity index is 1.69. The number of halogens is 1. The van der Waals surface area contributed by atoms with Crippen LogP contribution in [0.15, 0.2) is 52.9 Å². The summed E-state index contributed by atoms with van der Waals surface area (Å²) in [5.74, 6) is 0.142. The van der Waals surface area contributed by atoms with E-state index < -0.39 is 0 Å². The molecule has 0 aliphatic carbocycles. The Morgan fingerprint density at radius 1 is 1.14 bits per heavy atom. The van der Waals surface area contributed by atoms with Crippen molar-refractivity contribution in [2.24, 2.45) is 0 Å². The van der Waals surface area contributed by atoms with Crippen LogP contribution in [0.5, 0.6) is 0 Å². The molecule has 0 fully saturated rings. The molecule has 2 heterocycles. The van der Waals surface area contributed by atoms with Gasteiger partial charge in [0.15, 0.2) is 10.9 Å². The molecule has 2 aromatic heterocycles. The Morgan fingerprint density at radius 2 is 1.96 bits per heavy atom. The van der Waals surface area contributed by atoms with Gasteiger partial charge in [0.25, 0.3) is 5.91 Å². The van der Waals surface area contributed by atoms with Crippen molar-refractivity contribution in [2.75, 3.05) is 32.1 Å². The van der Waals surface area contributed by atoms with Gasteiger partial charge in [0.1, 0.15) is 5.58 Å². The minimum atomic E-state index is -0.180. The van der Waals surface area contributed by atoms with Crippen molar-refractivity contribution in [3.8, 4) is 0 Å². The van der Waals surface area contributed by atoms with Crippen LogP contribution in [0, 0.1) is 0 Å². The molecule has 0 N–H and O–H groups in total. The second kappa shape index (κ2) is 7.91. The first-order chi connectivity index (χ1) is 13.5. The summed E-state index contributed by atoms with van der Waals surface area (Å²) in [6.07, 6.45) is 0.829. The maximum atomic E-state index is 13.3. The predicted molar refractivity (Wildman–Crippen MR) is 116 cm³/mol. The van der Waals surface area contributed by atoms with Crippen LogP contribution in [0.25, 0.3) is 21.2 Å². The van der Waals surface area contributed by atoms with Crippen LogP contribution in [0.1, 0.15) is 17.0 Å². The summed E-state index contributed by atoms with van der Waals surface area (Å²) < 4.78 is 6.76. The highest BCUT2D eigenvalue weighted by molar-refractivity contribution is 7.22. The molecule has 7 heteroatoms. The van der Waals surface area contributed by atoms with E-state index in [9.17, 15) is 4.79 Å². The summed E-state index contributed by atoms with van der Waals surface area (Å²) in [7, 11) is 4.04. The molecular formula is C21H20ClN3O2S. The van der Waals surface area contributed by atoms with Crippen LogP contribution in [-0.4, -0.2) is 43.0 Å². The van der Waals surface area contributed by atoms with Gasteiger partial charge in [0, 0.05) is 17.0 Å². The maximum absolute atomic E-state index is 13.3. The van der Waals surface area contributed by atoms with Gasteiger partial charge in [-0.25, -0.2) is 4.98 Å².